The predicted octanol–water partition coefficient (Wildman–Crippen LogP) is 6.90. The van der Waals surface area contributed by atoms with E-state index in [2.05, 4.69) is 61.1 Å². The van der Waals surface area contributed by atoms with Gasteiger partial charge in [0.05, 0.1) is 32.2 Å². The number of carbonyl (C=O) groups excluding carboxylic acids is 2. The Morgan fingerprint density at radius 3 is 1.89 bits per heavy atom. The Morgan fingerprint density at radius 1 is 0.605 bits per heavy atom. The predicted molar refractivity (Wildman–Crippen MR) is 306 cm³/mol. The first-order chi connectivity index (χ1) is 39.0. The lowest BCUT2D eigenvalue weighted by Crippen LogP contribution is -2.50. The van der Waals surface area contributed by atoms with Crippen molar-refractivity contribution >= 4 is 80.4 Å². The monoisotopic (exact) mass is 1100 g/mol. The summed E-state index contributed by atoms with van der Waals surface area (Å²) < 4.78 is 24.4. The molecule has 24 nitrogen and oxygen atoms in total. The van der Waals surface area contributed by atoms with Crippen LogP contribution in [0.1, 0.15) is 91.3 Å². The molecular formula is C57H69N18O6+. The van der Waals surface area contributed by atoms with Gasteiger partial charge < -0.3 is 49.6 Å². The van der Waals surface area contributed by atoms with Crippen LogP contribution in [0.15, 0.2) is 76.6 Å². The number of hydrogen-bond acceptors (Lipinski definition) is 21. The van der Waals surface area contributed by atoms with Gasteiger partial charge in [-0.05, 0) is 55.1 Å². The average Bonchev–Trinajstić information content (AvgIpc) is 4.11. The van der Waals surface area contributed by atoms with E-state index in [0.29, 0.717) is 105 Å². The van der Waals surface area contributed by atoms with Crippen LogP contribution < -0.4 is 35.6 Å². The van der Waals surface area contributed by atoms with Gasteiger partial charge in [-0.3, -0.25) is 19.4 Å². The summed E-state index contributed by atoms with van der Waals surface area (Å²) in [6.07, 6.45) is 7.46. The molecule has 0 unspecified atom stereocenters. The normalized spacial score (nSPS) is 16.0. The number of rotatable bonds is 14. The second kappa shape index (κ2) is 23.0. The van der Waals surface area contributed by atoms with Gasteiger partial charge in [0.1, 0.15) is 34.6 Å². The van der Waals surface area contributed by atoms with Crippen LogP contribution in [-0.4, -0.2) is 159 Å². The van der Waals surface area contributed by atoms with E-state index in [9.17, 15) is 9.59 Å². The van der Waals surface area contributed by atoms with Crippen LogP contribution in [0.5, 0.6) is 0 Å². The van der Waals surface area contributed by atoms with Crippen molar-refractivity contribution in [3.8, 4) is 5.69 Å². The van der Waals surface area contributed by atoms with Gasteiger partial charge in [-0.1, -0.05) is 57.9 Å². The maximum absolute atomic E-state index is 14.6. The van der Waals surface area contributed by atoms with Gasteiger partial charge in [-0.25, -0.2) is 29.9 Å². The molecule has 3 aliphatic heterocycles. The fourth-order valence-electron chi connectivity index (χ4n) is 9.82. The molecule has 24 heteroatoms. The van der Waals surface area contributed by atoms with Gasteiger partial charge in [-0.2, -0.15) is 4.57 Å². The van der Waals surface area contributed by atoms with Crippen molar-refractivity contribution in [3.05, 3.63) is 101 Å². The highest BCUT2D eigenvalue weighted by atomic mass is 16.5. The lowest BCUT2D eigenvalue weighted by atomic mass is 9.93. The summed E-state index contributed by atoms with van der Waals surface area (Å²) in [6.45, 7) is 27.1. The maximum Gasteiger partial charge on any atom is 0.294 e. The molecule has 0 bridgehead atoms. The Hall–Kier alpha value is -8.32. The lowest BCUT2D eigenvalue weighted by Gasteiger charge is -2.36. The fraction of sp³-hybridized carbons (Fsp3) is 0.439. The van der Waals surface area contributed by atoms with Crippen molar-refractivity contribution in [1.29, 1.82) is 0 Å². The van der Waals surface area contributed by atoms with Crippen LogP contribution >= 0.6 is 0 Å². The van der Waals surface area contributed by atoms with E-state index in [0.717, 1.165) is 89.7 Å². The number of benzene rings is 2. The van der Waals surface area contributed by atoms with Gasteiger partial charge in [-0.15, -0.1) is 0 Å². The molecule has 2 amide bonds. The van der Waals surface area contributed by atoms with E-state index in [1.54, 1.807) is 55.1 Å². The molecule has 11 rings (SSSR count). The first-order valence-electron chi connectivity index (χ1n) is 27.5. The molecule has 3 fully saturated rings. The number of amides is 2. The molecule has 8 aromatic rings. The smallest absolute Gasteiger partial charge is 0.294 e. The number of carbonyl (C=O) groups is 2. The van der Waals surface area contributed by atoms with Crippen molar-refractivity contribution in [3.63, 3.8) is 0 Å². The Bertz CT molecular complexity index is 3590. The molecule has 422 valence electrons. The number of nitrogens with zero attached hydrogens (tertiary/aromatic N) is 14. The number of anilines is 8. The summed E-state index contributed by atoms with van der Waals surface area (Å²) in [5.41, 5.74) is 5.53. The average molecular weight is 1100 g/mol. The number of morpholine rings is 1. The molecule has 0 aliphatic carbocycles. The minimum Gasteiger partial charge on any atom is -0.380 e. The van der Waals surface area contributed by atoms with Crippen LogP contribution in [0.25, 0.3) is 27.8 Å². The third kappa shape index (κ3) is 12.4. The summed E-state index contributed by atoms with van der Waals surface area (Å²) in [5.74, 6) is 2.97. The number of aryl methyl sites for hydroxylation is 1. The second-order valence-corrected chi connectivity index (χ2v) is 22.7. The lowest BCUT2D eigenvalue weighted by molar-refractivity contribution is -0.571. The van der Waals surface area contributed by atoms with Crippen LogP contribution in [0.2, 0.25) is 0 Å². The highest BCUT2D eigenvalue weighted by Crippen LogP contribution is 2.33. The largest absolute Gasteiger partial charge is 0.380 e. The molecule has 4 N–H and O–H groups in total. The van der Waals surface area contributed by atoms with Crippen molar-refractivity contribution in [2.24, 2.45) is 0 Å². The van der Waals surface area contributed by atoms with E-state index in [1.807, 2.05) is 66.0 Å². The van der Waals surface area contributed by atoms with E-state index < -0.39 is 5.91 Å². The van der Waals surface area contributed by atoms with Crippen LogP contribution in [-0.2, 0) is 20.3 Å². The third-order valence-corrected chi connectivity index (χ3v) is 14.8. The summed E-state index contributed by atoms with van der Waals surface area (Å²) in [4.78, 5) is 71.9. The number of aromatic nitrogens is 10. The standard InChI is InChI=1S/C57H68N18O6/c1-35-10-11-37(52(76)65-46-29-44(80-69-46)56(3,4)5)26-39(35)63-51-49-43(32-59-55(68-49)74-17-15-71(16-18-74)13-14-72-19-23-79-24-20-72)75(34-62-51)42-28-38(53(77)66-47-30-45(81-70-47)57(6,7)8)27-40(36(42)2)64-50-48-41(60-33-61-50)31-58-54(67-48)73-12-9-22-78-25-21-73/h10-11,26-34H,9,12-25H2,1-8H3,(H3,60,61,64,65,66,69,70,76,77)/p+1. The molecule has 9 heterocycles. The highest BCUT2D eigenvalue weighted by Gasteiger charge is 2.29. The van der Waals surface area contributed by atoms with Crippen molar-refractivity contribution in [2.75, 3.05) is 123 Å². The molecule has 81 heavy (non-hydrogen) atoms. The van der Waals surface area contributed by atoms with Crippen molar-refractivity contribution in [1.82, 2.24) is 55.0 Å². The fourth-order valence-corrected chi connectivity index (χ4v) is 9.82. The van der Waals surface area contributed by atoms with Crippen molar-refractivity contribution in [2.45, 2.75) is 72.6 Å². The molecule has 0 atom stereocenters. The zero-order valence-electron chi connectivity index (χ0n) is 47.2. The zero-order valence-corrected chi connectivity index (χ0v) is 47.2. The third-order valence-electron chi connectivity index (χ3n) is 14.8. The maximum atomic E-state index is 14.6. The Kier molecular flexibility index (Phi) is 15.5. The summed E-state index contributed by atoms with van der Waals surface area (Å²) in [6, 6.07) is 12.4. The van der Waals surface area contributed by atoms with Gasteiger partial charge in [0.25, 0.3) is 24.0 Å². The zero-order chi connectivity index (χ0) is 56.4. The SMILES string of the molecule is Cc1ccc(C(=O)Nc2cc(C(C)(C)C)on2)cc1Nc1nc[n+](-c2cc(C(=O)Nc3cc(C(C)(C)C)on3)cc(Nc3ncnc4cnc(N5CCCOCC5)nc34)c2C)c2cnc(N3CCN(CCN4CCOCC4)CC3)nc12. The van der Waals surface area contributed by atoms with E-state index in [4.69, 9.17) is 43.4 Å². The number of piperazine rings is 1. The number of hydrogen-bond donors (Lipinski definition) is 4. The topological polar surface area (TPSA) is 260 Å². The summed E-state index contributed by atoms with van der Waals surface area (Å²) in [7, 11) is 0. The van der Waals surface area contributed by atoms with Crippen molar-refractivity contribution < 1.29 is 32.7 Å². The number of nitrogens with one attached hydrogen (secondary N) is 4. The molecular weight excluding hydrogens is 1030 g/mol. The Balaban J connectivity index is 0.981. The molecule has 3 saturated heterocycles. The Morgan fingerprint density at radius 2 is 1.20 bits per heavy atom. The van der Waals surface area contributed by atoms with Gasteiger partial charge >= 0.3 is 0 Å². The minimum atomic E-state index is -0.440. The number of fused-ring (bicyclic) bond motifs is 2. The molecule has 2 aromatic carbocycles. The highest BCUT2D eigenvalue weighted by molar-refractivity contribution is 6.06. The van der Waals surface area contributed by atoms with Gasteiger partial charge in [0.15, 0.2) is 28.5 Å². The minimum absolute atomic E-state index is 0.269. The quantitative estimate of drug-likeness (QED) is 0.0808. The van der Waals surface area contributed by atoms with E-state index in [-0.39, 0.29) is 28.1 Å². The van der Waals surface area contributed by atoms with E-state index in [1.165, 1.54) is 6.33 Å². The van der Waals surface area contributed by atoms with Crippen LogP contribution in [0, 0.1) is 13.8 Å². The molecule has 6 aromatic heterocycles. The van der Waals surface area contributed by atoms with Crippen LogP contribution in [0.4, 0.5) is 46.5 Å². The molecule has 0 saturated carbocycles. The first kappa shape index (κ1) is 54.6. The summed E-state index contributed by atoms with van der Waals surface area (Å²) in [5, 5.41) is 21.2. The molecule has 0 radical (unpaired) electrons. The van der Waals surface area contributed by atoms with Gasteiger partial charge in [0.2, 0.25) is 11.9 Å². The number of ether oxygens (including phenoxy) is 2. The van der Waals surface area contributed by atoms with Gasteiger partial charge in [0, 0.05) is 123 Å². The second-order valence-electron chi connectivity index (χ2n) is 22.7. The Labute approximate surface area is 469 Å². The molecule has 0 spiro atoms. The molecule has 3 aliphatic rings. The first-order valence-corrected chi connectivity index (χ1v) is 27.5. The van der Waals surface area contributed by atoms with Crippen LogP contribution in [0.3, 0.4) is 0 Å². The summed E-state index contributed by atoms with van der Waals surface area (Å²) >= 11 is 0. The van der Waals surface area contributed by atoms with E-state index >= 15 is 0 Å².